The van der Waals surface area contributed by atoms with Gasteiger partial charge in [0, 0.05) is 11.1 Å². The van der Waals surface area contributed by atoms with Crippen LogP contribution in [0.2, 0.25) is 0 Å². The summed E-state index contributed by atoms with van der Waals surface area (Å²) in [5.41, 5.74) is 3.53. The van der Waals surface area contributed by atoms with Crippen LogP contribution in [-0.2, 0) is 0 Å². The first-order chi connectivity index (χ1) is 9.76. The second-order valence-corrected chi connectivity index (χ2v) is 4.92. The predicted molar refractivity (Wildman–Crippen MR) is 81.2 cm³/mol. The normalized spacial score (nSPS) is 12.3. The first kappa shape index (κ1) is 14.7. The first-order valence-electron chi connectivity index (χ1n) is 7.25. The molecule has 1 unspecified atom stereocenters. The average Bonchev–Trinajstić information content (AvgIpc) is 2.96. The van der Waals surface area contributed by atoms with Crippen molar-refractivity contribution in [3.8, 4) is 5.75 Å². The summed E-state index contributed by atoms with van der Waals surface area (Å²) < 4.78 is 11.0. The fraction of sp³-hybridized carbons (Fsp3) is 0.412. The van der Waals surface area contributed by atoms with Gasteiger partial charge in [-0.2, -0.15) is 0 Å². The fourth-order valence-electron chi connectivity index (χ4n) is 2.32. The molecule has 0 saturated heterocycles. The molecular weight excluding hydrogens is 250 g/mol. The van der Waals surface area contributed by atoms with E-state index in [1.165, 1.54) is 11.1 Å². The van der Waals surface area contributed by atoms with Crippen molar-refractivity contribution >= 4 is 0 Å². The van der Waals surface area contributed by atoms with Crippen LogP contribution in [0.3, 0.4) is 0 Å². The van der Waals surface area contributed by atoms with E-state index in [4.69, 9.17) is 9.15 Å². The van der Waals surface area contributed by atoms with Crippen molar-refractivity contribution < 1.29 is 9.15 Å². The SMILES string of the molecule is CCCNC(c1ccoc1)c1cc(C)ccc1OCC. The summed E-state index contributed by atoms with van der Waals surface area (Å²) in [5, 5.41) is 3.57. The Morgan fingerprint density at radius 3 is 2.75 bits per heavy atom. The van der Waals surface area contributed by atoms with Crippen molar-refractivity contribution in [2.75, 3.05) is 13.2 Å². The van der Waals surface area contributed by atoms with Crippen molar-refractivity contribution in [1.82, 2.24) is 5.32 Å². The molecule has 0 spiro atoms. The molecule has 2 rings (SSSR count). The maximum Gasteiger partial charge on any atom is 0.124 e. The highest BCUT2D eigenvalue weighted by Gasteiger charge is 2.19. The van der Waals surface area contributed by atoms with Crippen molar-refractivity contribution in [1.29, 1.82) is 0 Å². The molecule has 1 heterocycles. The molecule has 0 aliphatic rings. The first-order valence-corrected chi connectivity index (χ1v) is 7.25. The largest absolute Gasteiger partial charge is 0.494 e. The topological polar surface area (TPSA) is 34.4 Å². The van der Waals surface area contributed by atoms with E-state index >= 15 is 0 Å². The van der Waals surface area contributed by atoms with Gasteiger partial charge in [0.05, 0.1) is 25.2 Å². The highest BCUT2D eigenvalue weighted by molar-refractivity contribution is 5.43. The molecule has 0 aliphatic carbocycles. The minimum atomic E-state index is 0.107. The molecule has 3 nitrogen and oxygen atoms in total. The summed E-state index contributed by atoms with van der Waals surface area (Å²) in [6.45, 7) is 7.90. The van der Waals surface area contributed by atoms with E-state index in [2.05, 4.69) is 37.4 Å². The smallest absolute Gasteiger partial charge is 0.124 e. The highest BCUT2D eigenvalue weighted by Crippen LogP contribution is 2.31. The van der Waals surface area contributed by atoms with E-state index < -0.39 is 0 Å². The Bertz CT molecular complexity index is 520. The van der Waals surface area contributed by atoms with Gasteiger partial charge in [-0.15, -0.1) is 0 Å². The van der Waals surface area contributed by atoms with E-state index in [9.17, 15) is 0 Å². The number of rotatable bonds is 7. The molecule has 0 aliphatic heterocycles. The third-order valence-electron chi connectivity index (χ3n) is 3.25. The molecule has 0 amide bonds. The van der Waals surface area contributed by atoms with Gasteiger partial charge in [-0.05, 0) is 38.9 Å². The highest BCUT2D eigenvalue weighted by atomic mass is 16.5. The van der Waals surface area contributed by atoms with Crippen LogP contribution in [0, 0.1) is 6.92 Å². The van der Waals surface area contributed by atoms with Crippen LogP contribution in [-0.4, -0.2) is 13.2 Å². The number of hydrogen-bond donors (Lipinski definition) is 1. The lowest BCUT2D eigenvalue weighted by Crippen LogP contribution is -2.23. The van der Waals surface area contributed by atoms with Gasteiger partial charge >= 0.3 is 0 Å². The Balaban J connectivity index is 2.39. The summed E-state index contributed by atoms with van der Waals surface area (Å²) in [7, 11) is 0. The number of nitrogens with one attached hydrogen (secondary N) is 1. The van der Waals surface area contributed by atoms with Crippen LogP contribution in [0.5, 0.6) is 5.75 Å². The van der Waals surface area contributed by atoms with Crippen LogP contribution in [0.1, 0.15) is 43.0 Å². The van der Waals surface area contributed by atoms with Gasteiger partial charge in [-0.1, -0.05) is 24.6 Å². The van der Waals surface area contributed by atoms with E-state index in [-0.39, 0.29) is 6.04 Å². The van der Waals surface area contributed by atoms with Gasteiger partial charge in [-0.3, -0.25) is 0 Å². The van der Waals surface area contributed by atoms with Crippen LogP contribution in [0.4, 0.5) is 0 Å². The van der Waals surface area contributed by atoms with E-state index in [1.54, 1.807) is 12.5 Å². The molecule has 0 fully saturated rings. The summed E-state index contributed by atoms with van der Waals surface area (Å²) in [5.74, 6) is 0.938. The maximum atomic E-state index is 5.78. The molecule has 2 aromatic rings. The summed E-state index contributed by atoms with van der Waals surface area (Å²) in [6, 6.07) is 8.43. The van der Waals surface area contributed by atoms with Gasteiger partial charge in [-0.25, -0.2) is 0 Å². The third-order valence-corrected chi connectivity index (χ3v) is 3.25. The van der Waals surface area contributed by atoms with Crippen LogP contribution >= 0.6 is 0 Å². The minimum absolute atomic E-state index is 0.107. The lowest BCUT2D eigenvalue weighted by Gasteiger charge is -2.21. The summed E-state index contributed by atoms with van der Waals surface area (Å²) >= 11 is 0. The molecule has 1 aromatic heterocycles. The quantitative estimate of drug-likeness (QED) is 0.825. The van der Waals surface area contributed by atoms with Crippen molar-refractivity contribution in [3.05, 3.63) is 53.5 Å². The van der Waals surface area contributed by atoms with E-state index in [0.717, 1.165) is 24.3 Å². The summed E-state index contributed by atoms with van der Waals surface area (Å²) in [6.07, 6.45) is 4.60. The van der Waals surface area contributed by atoms with E-state index in [0.29, 0.717) is 6.61 Å². The molecular formula is C17H23NO2. The Hall–Kier alpha value is -1.74. The monoisotopic (exact) mass is 273 g/mol. The molecule has 108 valence electrons. The zero-order chi connectivity index (χ0) is 14.4. The Labute approximate surface area is 121 Å². The molecule has 1 N–H and O–H groups in total. The van der Waals surface area contributed by atoms with Gasteiger partial charge in [0.2, 0.25) is 0 Å². The van der Waals surface area contributed by atoms with Crippen LogP contribution in [0.25, 0.3) is 0 Å². The predicted octanol–water partition coefficient (Wildman–Crippen LogP) is 4.08. The number of benzene rings is 1. The lowest BCUT2D eigenvalue weighted by atomic mass is 9.98. The van der Waals surface area contributed by atoms with Gasteiger partial charge in [0.15, 0.2) is 0 Å². The average molecular weight is 273 g/mol. The Kier molecular flexibility index (Phi) is 5.24. The molecule has 3 heteroatoms. The maximum absolute atomic E-state index is 5.78. The molecule has 1 atom stereocenters. The van der Waals surface area contributed by atoms with Gasteiger partial charge in [0.1, 0.15) is 5.75 Å². The molecule has 1 aromatic carbocycles. The van der Waals surface area contributed by atoms with Crippen molar-refractivity contribution in [2.45, 2.75) is 33.2 Å². The lowest BCUT2D eigenvalue weighted by molar-refractivity contribution is 0.333. The van der Waals surface area contributed by atoms with Gasteiger partial charge in [0.25, 0.3) is 0 Å². The van der Waals surface area contributed by atoms with Crippen molar-refractivity contribution in [2.24, 2.45) is 0 Å². The molecule has 20 heavy (non-hydrogen) atoms. The third kappa shape index (κ3) is 3.42. The molecule has 0 saturated carbocycles. The Morgan fingerprint density at radius 2 is 2.10 bits per heavy atom. The zero-order valence-electron chi connectivity index (χ0n) is 12.5. The number of furan rings is 1. The second-order valence-electron chi connectivity index (χ2n) is 4.92. The molecule has 0 bridgehead atoms. The number of ether oxygens (including phenoxy) is 1. The number of hydrogen-bond acceptors (Lipinski definition) is 3. The second kappa shape index (κ2) is 7.15. The van der Waals surface area contributed by atoms with E-state index in [1.807, 2.05) is 13.0 Å². The summed E-state index contributed by atoms with van der Waals surface area (Å²) in [4.78, 5) is 0. The van der Waals surface area contributed by atoms with Crippen LogP contribution in [0.15, 0.2) is 41.2 Å². The zero-order valence-corrected chi connectivity index (χ0v) is 12.5. The van der Waals surface area contributed by atoms with Crippen molar-refractivity contribution in [3.63, 3.8) is 0 Å². The van der Waals surface area contributed by atoms with Crippen LogP contribution < -0.4 is 10.1 Å². The minimum Gasteiger partial charge on any atom is -0.494 e. The fourth-order valence-corrected chi connectivity index (χ4v) is 2.32. The molecule has 0 radical (unpaired) electrons. The number of aryl methyl sites for hydroxylation is 1. The van der Waals surface area contributed by atoms with Gasteiger partial charge < -0.3 is 14.5 Å². The standard InChI is InChI=1S/C17H23NO2/c1-4-9-18-17(14-8-10-19-12-14)15-11-13(3)6-7-16(15)20-5-2/h6-8,10-12,17-18H,4-5,9H2,1-3H3. The Morgan fingerprint density at radius 1 is 1.25 bits per heavy atom.